The number of pyridine rings is 1. The number of benzene rings is 1. The van der Waals surface area contributed by atoms with Crippen molar-refractivity contribution < 1.29 is 4.79 Å². The third-order valence-corrected chi connectivity index (χ3v) is 4.77. The summed E-state index contributed by atoms with van der Waals surface area (Å²) in [6, 6.07) is 9.70. The molecule has 0 bridgehead atoms. The molecule has 30 heavy (non-hydrogen) atoms. The number of aryl methyl sites for hydroxylation is 1. The first-order valence-electron chi connectivity index (χ1n) is 9.90. The molecule has 0 aliphatic carbocycles. The lowest BCUT2D eigenvalue weighted by Gasteiger charge is -2.07. The van der Waals surface area contributed by atoms with Crippen LogP contribution in [0.1, 0.15) is 43.7 Å². The third kappa shape index (κ3) is 6.26. The zero-order chi connectivity index (χ0) is 20.6. The summed E-state index contributed by atoms with van der Waals surface area (Å²) in [5.41, 5.74) is 2.75. The van der Waals surface area contributed by atoms with Gasteiger partial charge < -0.3 is 5.32 Å². The van der Waals surface area contributed by atoms with Crippen molar-refractivity contribution in [3.63, 3.8) is 0 Å². The molecule has 2 aromatic heterocycles. The van der Waals surface area contributed by atoms with Gasteiger partial charge in [0.05, 0.1) is 10.9 Å². The standard InChI is InChI=1S/C23H26N4O2.ClH/c1-17(2)19-8-9-21-20(14-19)23(29)27(16-26-21)13-10-22(28)25-12-4-3-6-18-7-5-11-24-15-18;/h5,7-11,13-17H,3-4,6,12H2,1-2H3,(H,25,28);1H. The van der Waals surface area contributed by atoms with Crippen LogP contribution in [0.4, 0.5) is 0 Å². The SMILES string of the molecule is CC(C)c1ccc2ncn(C=CC(=O)NCCCCc3cccnc3)c(=O)c2c1.Cl. The van der Waals surface area contributed by atoms with Crippen LogP contribution in [0, 0.1) is 0 Å². The van der Waals surface area contributed by atoms with E-state index < -0.39 is 0 Å². The lowest BCUT2D eigenvalue weighted by Crippen LogP contribution is -2.23. The molecule has 7 heteroatoms. The molecule has 1 amide bonds. The van der Waals surface area contributed by atoms with Gasteiger partial charge in [-0.25, -0.2) is 4.98 Å². The molecular weight excluding hydrogens is 400 g/mol. The molecule has 0 atom stereocenters. The van der Waals surface area contributed by atoms with Crippen molar-refractivity contribution in [3.05, 3.63) is 76.6 Å². The number of nitrogens with one attached hydrogen (secondary N) is 1. The Bertz CT molecular complexity index is 1060. The summed E-state index contributed by atoms with van der Waals surface area (Å²) < 4.78 is 1.34. The molecular formula is C23H27ClN4O2. The Morgan fingerprint density at radius 3 is 2.80 bits per heavy atom. The van der Waals surface area contributed by atoms with Crippen molar-refractivity contribution >= 4 is 35.4 Å². The van der Waals surface area contributed by atoms with Gasteiger partial charge in [0, 0.05) is 31.2 Å². The zero-order valence-electron chi connectivity index (χ0n) is 17.2. The van der Waals surface area contributed by atoms with Gasteiger partial charge in [0.2, 0.25) is 5.91 Å². The van der Waals surface area contributed by atoms with Gasteiger partial charge in [-0.15, -0.1) is 12.4 Å². The van der Waals surface area contributed by atoms with E-state index in [2.05, 4.69) is 29.1 Å². The molecule has 2 heterocycles. The third-order valence-electron chi connectivity index (χ3n) is 4.77. The monoisotopic (exact) mass is 426 g/mol. The molecule has 0 saturated heterocycles. The largest absolute Gasteiger partial charge is 0.353 e. The van der Waals surface area contributed by atoms with Crippen molar-refractivity contribution in [1.82, 2.24) is 19.9 Å². The molecule has 3 aromatic rings. The molecule has 3 rings (SSSR count). The van der Waals surface area contributed by atoms with Crippen LogP contribution in [0.2, 0.25) is 0 Å². The van der Waals surface area contributed by atoms with Crippen LogP contribution in [0.15, 0.2) is 59.9 Å². The Kier molecular flexibility index (Phi) is 8.74. The van der Waals surface area contributed by atoms with E-state index >= 15 is 0 Å². The van der Waals surface area contributed by atoms with E-state index in [1.54, 1.807) is 6.20 Å². The van der Waals surface area contributed by atoms with Crippen molar-refractivity contribution in [2.45, 2.75) is 39.0 Å². The van der Waals surface area contributed by atoms with Crippen molar-refractivity contribution in [2.75, 3.05) is 6.54 Å². The van der Waals surface area contributed by atoms with Crippen molar-refractivity contribution in [1.29, 1.82) is 0 Å². The van der Waals surface area contributed by atoms with E-state index in [1.807, 2.05) is 36.5 Å². The Labute approximate surface area is 182 Å². The average Bonchev–Trinajstić information content (AvgIpc) is 2.73. The number of carbonyl (C=O) groups excluding carboxylic acids is 1. The second-order valence-corrected chi connectivity index (χ2v) is 7.31. The fourth-order valence-electron chi connectivity index (χ4n) is 3.04. The quantitative estimate of drug-likeness (QED) is 0.437. The zero-order valence-corrected chi connectivity index (χ0v) is 18.1. The summed E-state index contributed by atoms with van der Waals surface area (Å²) in [7, 11) is 0. The number of unbranched alkanes of at least 4 members (excludes halogenated alkanes) is 1. The highest BCUT2D eigenvalue weighted by Crippen LogP contribution is 2.17. The maximum atomic E-state index is 12.7. The molecule has 0 saturated carbocycles. The Morgan fingerprint density at radius 2 is 2.07 bits per heavy atom. The van der Waals surface area contributed by atoms with Gasteiger partial charge in [-0.05, 0) is 54.5 Å². The Balaban J connectivity index is 0.00000320. The summed E-state index contributed by atoms with van der Waals surface area (Å²) in [5, 5.41) is 3.40. The van der Waals surface area contributed by atoms with Gasteiger partial charge in [0.25, 0.3) is 5.56 Å². The first-order chi connectivity index (χ1) is 14.0. The smallest absolute Gasteiger partial charge is 0.265 e. The van der Waals surface area contributed by atoms with E-state index in [0.29, 0.717) is 23.4 Å². The number of hydrogen-bond donors (Lipinski definition) is 1. The maximum Gasteiger partial charge on any atom is 0.265 e. The van der Waals surface area contributed by atoms with Crippen LogP contribution in [-0.4, -0.2) is 27.0 Å². The van der Waals surface area contributed by atoms with Crippen LogP contribution in [0.25, 0.3) is 17.1 Å². The second-order valence-electron chi connectivity index (χ2n) is 7.31. The number of rotatable bonds is 8. The summed E-state index contributed by atoms with van der Waals surface area (Å²) in [6.07, 6.45) is 10.7. The summed E-state index contributed by atoms with van der Waals surface area (Å²) in [4.78, 5) is 33.1. The van der Waals surface area contributed by atoms with Gasteiger partial charge in [-0.2, -0.15) is 0 Å². The number of hydrogen-bond acceptors (Lipinski definition) is 4. The van der Waals surface area contributed by atoms with Gasteiger partial charge in [-0.1, -0.05) is 26.0 Å². The lowest BCUT2D eigenvalue weighted by atomic mass is 10.0. The predicted octanol–water partition coefficient (Wildman–Crippen LogP) is 3.95. The van der Waals surface area contributed by atoms with E-state index in [1.165, 1.54) is 28.7 Å². The number of halogens is 1. The van der Waals surface area contributed by atoms with Crippen LogP contribution < -0.4 is 10.9 Å². The van der Waals surface area contributed by atoms with Crippen molar-refractivity contribution in [2.24, 2.45) is 0 Å². The van der Waals surface area contributed by atoms with Gasteiger partial charge >= 0.3 is 0 Å². The van der Waals surface area contributed by atoms with Gasteiger partial charge in [-0.3, -0.25) is 19.1 Å². The molecule has 1 aromatic carbocycles. The predicted molar refractivity (Wildman–Crippen MR) is 123 cm³/mol. The Morgan fingerprint density at radius 1 is 1.23 bits per heavy atom. The van der Waals surface area contributed by atoms with Crippen molar-refractivity contribution in [3.8, 4) is 0 Å². The number of amides is 1. The molecule has 1 N–H and O–H groups in total. The fourth-order valence-corrected chi connectivity index (χ4v) is 3.04. The summed E-state index contributed by atoms with van der Waals surface area (Å²) in [6.45, 7) is 4.75. The molecule has 0 aliphatic rings. The van der Waals surface area contributed by atoms with Gasteiger partial charge in [0.1, 0.15) is 6.33 Å². The summed E-state index contributed by atoms with van der Waals surface area (Å²) in [5.74, 6) is 0.0984. The molecule has 0 aliphatic heterocycles. The van der Waals surface area contributed by atoms with Crippen LogP contribution >= 0.6 is 12.4 Å². The first kappa shape index (κ1) is 23.3. The van der Waals surface area contributed by atoms with E-state index in [9.17, 15) is 9.59 Å². The highest BCUT2D eigenvalue weighted by atomic mass is 35.5. The first-order valence-corrected chi connectivity index (χ1v) is 9.90. The molecule has 0 spiro atoms. The van der Waals surface area contributed by atoms with Crippen LogP contribution in [-0.2, 0) is 11.2 Å². The summed E-state index contributed by atoms with van der Waals surface area (Å²) >= 11 is 0. The maximum absolute atomic E-state index is 12.7. The number of fused-ring (bicyclic) bond motifs is 1. The fraction of sp³-hybridized carbons (Fsp3) is 0.304. The average molecular weight is 427 g/mol. The minimum Gasteiger partial charge on any atom is -0.353 e. The number of aromatic nitrogens is 3. The molecule has 6 nitrogen and oxygen atoms in total. The Hall–Kier alpha value is -2.99. The van der Waals surface area contributed by atoms with E-state index in [0.717, 1.165) is 24.8 Å². The number of carbonyl (C=O) groups is 1. The van der Waals surface area contributed by atoms with Crippen LogP contribution in [0.3, 0.4) is 0 Å². The van der Waals surface area contributed by atoms with Gasteiger partial charge in [0.15, 0.2) is 0 Å². The van der Waals surface area contributed by atoms with E-state index in [4.69, 9.17) is 0 Å². The minimum atomic E-state index is -0.227. The molecule has 0 radical (unpaired) electrons. The molecule has 0 fully saturated rings. The normalized spacial score (nSPS) is 11.0. The topological polar surface area (TPSA) is 76.9 Å². The second kappa shape index (κ2) is 11.3. The highest BCUT2D eigenvalue weighted by molar-refractivity contribution is 5.90. The lowest BCUT2D eigenvalue weighted by molar-refractivity contribution is -0.116. The molecule has 158 valence electrons. The molecule has 0 unspecified atom stereocenters. The van der Waals surface area contributed by atoms with Crippen LogP contribution in [0.5, 0.6) is 0 Å². The number of nitrogens with zero attached hydrogens (tertiary/aromatic N) is 3. The van der Waals surface area contributed by atoms with E-state index in [-0.39, 0.29) is 23.9 Å². The minimum absolute atomic E-state index is 0. The highest BCUT2D eigenvalue weighted by Gasteiger charge is 2.06.